The van der Waals surface area contributed by atoms with Crippen molar-refractivity contribution < 1.29 is 80.2 Å². The van der Waals surface area contributed by atoms with Crippen molar-refractivity contribution in [1.29, 1.82) is 0 Å². The van der Waals surface area contributed by atoms with E-state index < -0.39 is 97.5 Å². The summed E-state index contributed by atoms with van der Waals surface area (Å²) in [7, 11) is -9.92. The van der Waals surface area contributed by atoms with Gasteiger partial charge in [0.2, 0.25) is 0 Å². The van der Waals surface area contributed by atoms with E-state index >= 15 is 0 Å². The van der Waals surface area contributed by atoms with Gasteiger partial charge < -0.3 is 33.8 Å². The lowest BCUT2D eigenvalue weighted by atomic mass is 9.99. The Hall–Kier alpha value is -1.94. The molecule has 0 heterocycles. The minimum Gasteiger partial charge on any atom is -0.462 e. The zero-order valence-electron chi connectivity index (χ0n) is 66.4. The number of ether oxygens (including phenoxy) is 4. The van der Waals surface area contributed by atoms with Crippen LogP contribution in [0.5, 0.6) is 0 Å². The molecule has 0 aliphatic heterocycles. The van der Waals surface area contributed by atoms with Crippen LogP contribution in [0, 0.1) is 17.8 Å². The lowest BCUT2D eigenvalue weighted by Crippen LogP contribution is -2.30. The number of phosphoric ester groups is 2. The molecule has 0 bridgehead atoms. The fourth-order valence-electron chi connectivity index (χ4n) is 12.6. The second kappa shape index (κ2) is 72.3. The predicted octanol–water partition coefficient (Wildman–Crippen LogP) is 24.5. The molecule has 0 radical (unpaired) electrons. The van der Waals surface area contributed by atoms with Crippen molar-refractivity contribution in [3.8, 4) is 0 Å². The normalized spacial score (nSPS) is 14.5. The van der Waals surface area contributed by atoms with Crippen LogP contribution in [0.25, 0.3) is 0 Å². The number of carbonyl (C=O) groups is 4. The largest absolute Gasteiger partial charge is 0.472 e. The maximum atomic E-state index is 13.1. The molecule has 17 nitrogen and oxygen atoms in total. The fraction of sp³-hybridized carbons (Fsp3) is 0.951. The maximum absolute atomic E-state index is 13.1. The third-order valence-electron chi connectivity index (χ3n) is 19.9. The number of esters is 4. The molecule has 0 amide bonds. The molecule has 0 aromatic carbocycles. The van der Waals surface area contributed by atoms with Gasteiger partial charge in [0.1, 0.15) is 19.3 Å². The van der Waals surface area contributed by atoms with Gasteiger partial charge in [0.25, 0.3) is 0 Å². The first-order chi connectivity index (χ1) is 48.8. The van der Waals surface area contributed by atoms with Crippen LogP contribution in [0.2, 0.25) is 0 Å². The second-order valence-corrected chi connectivity index (χ2v) is 33.4. The van der Waals surface area contributed by atoms with Gasteiger partial charge in [-0.2, -0.15) is 0 Å². The Morgan fingerprint density at radius 1 is 0.287 bits per heavy atom. The lowest BCUT2D eigenvalue weighted by Gasteiger charge is -2.21. The minimum absolute atomic E-state index is 0.105. The van der Waals surface area contributed by atoms with E-state index in [9.17, 15) is 43.2 Å². The summed E-state index contributed by atoms with van der Waals surface area (Å²) in [5.74, 6) is 0.233. The van der Waals surface area contributed by atoms with E-state index in [-0.39, 0.29) is 25.7 Å². The topological polar surface area (TPSA) is 237 Å². The molecule has 0 aliphatic rings. The van der Waals surface area contributed by atoms with Gasteiger partial charge >= 0.3 is 39.5 Å². The third-order valence-corrected chi connectivity index (χ3v) is 21.8. The summed E-state index contributed by atoms with van der Waals surface area (Å²) >= 11 is 0. The number of unbranched alkanes of at least 4 members (excludes halogenated alkanes) is 46. The predicted molar refractivity (Wildman–Crippen MR) is 414 cm³/mol. The van der Waals surface area contributed by atoms with Gasteiger partial charge in [0.15, 0.2) is 12.2 Å². The van der Waals surface area contributed by atoms with E-state index in [1.54, 1.807) is 0 Å². The smallest absolute Gasteiger partial charge is 0.462 e. The average molecular weight is 1480 g/mol. The van der Waals surface area contributed by atoms with Gasteiger partial charge in [-0.05, 0) is 43.4 Å². The van der Waals surface area contributed by atoms with Crippen LogP contribution in [0.4, 0.5) is 0 Å². The molecule has 0 rings (SSSR count). The molecule has 0 fully saturated rings. The van der Waals surface area contributed by atoms with Crippen molar-refractivity contribution in [2.75, 3.05) is 39.6 Å². The van der Waals surface area contributed by atoms with Crippen molar-refractivity contribution in [3.05, 3.63) is 0 Å². The number of hydrogen-bond donors (Lipinski definition) is 3. The SMILES string of the molecule is CCCCCCCCCCCCCCCCCCCCCCC(=O)O[C@H](COC(=O)CCCCCCCCCCCCCCCCC(C)CC)COP(=O)(O)OC[C@@H](O)COP(=O)(O)OC[C@@H](COC(=O)CCCCCCCCCCC(C)C)OC(=O)CCCCCCCCCCC(C)CC. The Balaban J connectivity index is 5.24. The summed E-state index contributed by atoms with van der Waals surface area (Å²) in [5, 5.41) is 10.6. The van der Waals surface area contributed by atoms with Crippen LogP contribution in [-0.2, 0) is 65.4 Å². The first kappa shape index (κ1) is 99.1. The zero-order chi connectivity index (χ0) is 74.4. The first-order valence-electron chi connectivity index (χ1n) is 42.4. The summed E-state index contributed by atoms with van der Waals surface area (Å²) in [6.45, 7) is 12.0. The summed E-state index contributed by atoms with van der Waals surface area (Å²) in [6.07, 6.45) is 61.1. The highest BCUT2D eigenvalue weighted by molar-refractivity contribution is 7.47. The van der Waals surface area contributed by atoms with Gasteiger partial charge in [0, 0.05) is 25.7 Å². The summed E-state index contributed by atoms with van der Waals surface area (Å²) in [6, 6.07) is 0. The van der Waals surface area contributed by atoms with Crippen LogP contribution in [0.1, 0.15) is 427 Å². The number of hydrogen-bond acceptors (Lipinski definition) is 15. The molecular formula is C82H160O17P2. The van der Waals surface area contributed by atoms with Gasteiger partial charge in [-0.15, -0.1) is 0 Å². The van der Waals surface area contributed by atoms with Crippen LogP contribution < -0.4 is 0 Å². The average Bonchev–Trinajstić information content (AvgIpc) is 0.970. The number of carbonyl (C=O) groups excluding carboxylic acids is 4. The van der Waals surface area contributed by atoms with Crippen molar-refractivity contribution in [2.24, 2.45) is 17.8 Å². The summed E-state index contributed by atoms with van der Waals surface area (Å²) in [4.78, 5) is 73.0. The number of aliphatic hydroxyl groups is 1. The number of phosphoric acid groups is 2. The van der Waals surface area contributed by atoms with Gasteiger partial charge in [-0.3, -0.25) is 37.3 Å². The minimum atomic E-state index is -4.96. The highest BCUT2D eigenvalue weighted by Gasteiger charge is 2.30. The number of aliphatic hydroxyl groups excluding tert-OH is 1. The Kier molecular flexibility index (Phi) is 70.9. The Morgan fingerprint density at radius 2 is 0.505 bits per heavy atom. The van der Waals surface area contributed by atoms with Crippen molar-refractivity contribution in [3.63, 3.8) is 0 Å². The summed E-state index contributed by atoms with van der Waals surface area (Å²) in [5.41, 5.74) is 0. The summed E-state index contributed by atoms with van der Waals surface area (Å²) < 4.78 is 68.7. The zero-order valence-corrected chi connectivity index (χ0v) is 68.2. The molecule has 0 aromatic heterocycles. The molecular weight excluding hydrogens is 1320 g/mol. The van der Waals surface area contributed by atoms with Crippen molar-refractivity contribution >= 4 is 39.5 Å². The van der Waals surface area contributed by atoms with Crippen LogP contribution in [0.3, 0.4) is 0 Å². The quantitative estimate of drug-likeness (QED) is 0.0222. The standard InChI is InChI=1S/C82H160O17P2/c1-8-11-12-13-14-15-16-17-18-19-20-21-22-23-28-31-34-44-51-58-65-81(86)98-77(69-92-79(84)63-56-49-42-33-30-27-25-24-26-29-32-40-47-54-61-74(6)9-2)71-96-100(88,89)94-67-76(83)68-95-101(90,91)97-72-78(70-93-80(85)64-57-50-43-37-35-39-46-53-60-73(4)5)99-82(87)66-59-52-45-38-36-41-48-55-62-75(7)10-3/h73-78,83H,8-72H2,1-7H3,(H,88,89)(H,90,91)/t74?,75?,76-,77-,78-/m1/s1. The number of rotatable bonds is 80. The van der Waals surface area contributed by atoms with Crippen LogP contribution in [-0.4, -0.2) is 96.7 Å². The van der Waals surface area contributed by atoms with Crippen LogP contribution >= 0.6 is 15.6 Å². The molecule has 0 saturated heterocycles. The highest BCUT2D eigenvalue weighted by atomic mass is 31.2. The highest BCUT2D eigenvalue weighted by Crippen LogP contribution is 2.45. The van der Waals surface area contributed by atoms with Gasteiger partial charge in [0.05, 0.1) is 26.4 Å². The Labute approximate surface area is 619 Å². The monoisotopic (exact) mass is 1480 g/mol. The molecule has 0 aromatic rings. The Morgan fingerprint density at radius 3 is 0.752 bits per heavy atom. The van der Waals surface area contributed by atoms with E-state index in [1.165, 1.54) is 238 Å². The molecule has 0 saturated carbocycles. The molecule has 101 heavy (non-hydrogen) atoms. The van der Waals surface area contributed by atoms with E-state index in [2.05, 4.69) is 48.5 Å². The molecule has 0 spiro atoms. The van der Waals surface area contributed by atoms with E-state index in [0.717, 1.165) is 108 Å². The van der Waals surface area contributed by atoms with Gasteiger partial charge in [-0.25, -0.2) is 9.13 Å². The molecule has 4 unspecified atom stereocenters. The van der Waals surface area contributed by atoms with E-state index in [0.29, 0.717) is 25.7 Å². The van der Waals surface area contributed by atoms with Crippen molar-refractivity contribution in [1.82, 2.24) is 0 Å². The molecule has 600 valence electrons. The first-order valence-corrected chi connectivity index (χ1v) is 45.4. The molecule has 3 N–H and O–H groups in total. The molecule has 19 heteroatoms. The maximum Gasteiger partial charge on any atom is 0.472 e. The molecule has 7 atom stereocenters. The fourth-order valence-corrected chi connectivity index (χ4v) is 14.2. The van der Waals surface area contributed by atoms with Gasteiger partial charge in [-0.1, -0.05) is 376 Å². The second-order valence-electron chi connectivity index (χ2n) is 30.5. The van der Waals surface area contributed by atoms with E-state index in [4.69, 9.17) is 37.0 Å². The third kappa shape index (κ3) is 73.4. The van der Waals surface area contributed by atoms with Crippen LogP contribution in [0.15, 0.2) is 0 Å². The lowest BCUT2D eigenvalue weighted by molar-refractivity contribution is -0.161. The molecule has 0 aliphatic carbocycles. The Bertz CT molecular complexity index is 1960. The van der Waals surface area contributed by atoms with E-state index in [1.807, 2.05) is 0 Å². The van der Waals surface area contributed by atoms with Crippen molar-refractivity contribution in [2.45, 2.75) is 446 Å².